The Balaban J connectivity index is 2.54. The quantitative estimate of drug-likeness (QED) is 0.775. The maximum atomic E-state index is 6.01. The number of ether oxygens (including phenoxy) is 1. The molecular formula is C11H18ClN3OS. The van der Waals surface area contributed by atoms with Gasteiger partial charge in [-0.3, -0.25) is 0 Å². The standard InChI is InChI=1S/C11H18ClN3OS/c1-4-17-6-5-8(2)14-10-9(12)7-13-11(15-10)16-3/h7-8H,4-6H2,1-3H3,(H,13,14,15). The van der Waals surface area contributed by atoms with Crippen molar-refractivity contribution in [1.29, 1.82) is 0 Å². The summed E-state index contributed by atoms with van der Waals surface area (Å²) in [5.74, 6) is 2.91. The molecule has 4 nitrogen and oxygen atoms in total. The first kappa shape index (κ1) is 14.4. The lowest BCUT2D eigenvalue weighted by Crippen LogP contribution is -2.17. The zero-order chi connectivity index (χ0) is 12.7. The molecule has 1 rings (SSSR count). The van der Waals surface area contributed by atoms with Crippen molar-refractivity contribution in [2.75, 3.05) is 23.9 Å². The van der Waals surface area contributed by atoms with Crippen LogP contribution < -0.4 is 10.1 Å². The molecule has 0 spiro atoms. The molecule has 1 heterocycles. The van der Waals surface area contributed by atoms with Gasteiger partial charge < -0.3 is 10.1 Å². The molecule has 1 N–H and O–H groups in total. The van der Waals surface area contributed by atoms with Crippen LogP contribution in [0.25, 0.3) is 0 Å². The molecule has 1 unspecified atom stereocenters. The predicted molar refractivity (Wildman–Crippen MR) is 74.3 cm³/mol. The van der Waals surface area contributed by atoms with Crippen LogP contribution in [0.5, 0.6) is 6.01 Å². The third kappa shape index (κ3) is 5.00. The minimum atomic E-state index is 0.325. The Labute approximate surface area is 112 Å². The van der Waals surface area contributed by atoms with Crippen LogP contribution in [0.4, 0.5) is 5.82 Å². The summed E-state index contributed by atoms with van der Waals surface area (Å²) in [6, 6.07) is 0.651. The lowest BCUT2D eigenvalue weighted by atomic mass is 10.2. The number of hydrogen-bond donors (Lipinski definition) is 1. The van der Waals surface area contributed by atoms with Crippen molar-refractivity contribution in [2.45, 2.75) is 26.3 Å². The summed E-state index contributed by atoms with van der Waals surface area (Å²) < 4.78 is 4.96. The minimum Gasteiger partial charge on any atom is -0.467 e. The van der Waals surface area contributed by atoms with Crippen molar-refractivity contribution >= 4 is 29.2 Å². The Hall–Kier alpha value is -0.680. The molecule has 0 aliphatic heterocycles. The van der Waals surface area contributed by atoms with E-state index >= 15 is 0 Å². The molecule has 1 aromatic heterocycles. The minimum absolute atomic E-state index is 0.325. The molecule has 0 saturated heterocycles. The van der Waals surface area contributed by atoms with Gasteiger partial charge in [-0.05, 0) is 24.9 Å². The van der Waals surface area contributed by atoms with Crippen molar-refractivity contribution in [2.24, 2.45) is 0 Å². The fraction of sp³-hybridized carbons (Fsp3) is 0.636. The van der Waals surface area contributed by atoms with Crippen LogP contribution in [0.2, 0.25) is 5.02 Å². The summed E-state index contributed by atoms with van der Waals surface area (Å²) in [6.45, 7) is 4.27. The second kappa shape index (κ2) is 7.61. The number of anilines is 1. The molecule has 0 amide bonds. The van der Waals surface area contributed by atoms with Gasteiger partial charge in [0.15, 0.2) is 5.82 Å². The second-order valence-corrected chi connectivity index (χ2v) is 5.39. The van der Waals surface area contributed by atoms with Crippen LogP contribution in [0, 0.1) is 0 Å². The molecule has 0 fully saturated rings. The smallest absolute Gasteiger partial charge is 0.318 e. The zero-order valence-corrected chi connectivity index (χ0v) is 11.9. The van der Waals surface area contributed by atoms with Gasteiger partial charge >= 0.3 is 6.01 Å². The first-order valence-electron chi connectivity index (χ1n) is 5.58. The van der Waals surface area contributed by atoms with Crippen LogP contribution in [-0.4, -0.2) is 34.6 Å². The molecule has 0 bridgehead atoms. The highest BCUT2D eigenvalue weighted by Crippen LogP contribution is 2.21. The van der Waals surface area contributed by atoms with Crippen molar-refractivity contribution in [1.82, 2.24) is 9.97 Å². The largest absolute Gasteiger partial charge is 0.467 e. The van der Waals surface area contributed by atoms with Gasteiger partial charge in [-0.15, -0.1) is 0 Å². The fourth-order valence-electron chi connectivity index (χ4n) is 1.26. The SMILES string of the molecule is CCSCCC(C)Nc1nc(OC)ncc1Cl. The molecule has 0 aromatic carbocycles. The van der Waals surface area contributed by atoms with E-state index in [1.165, 1.54) is 7.11 Å². The van der Waals surface area contributed by atoms with Crippen molar-refractivity contribution in [3.63, 3.8) is 0 Å². The molecule has 0 radical (unpaired) electrons. The summed E-state index contributed by atoms with van der Waals surface area (Å²) in [5.41, 5.74) is 0. The summed E-state index contributed by atoms with van der Waals surface area (Å²) in [7, 11) is 1.54. The molecule has 6 heteroatoms. The molecule has 0 saturated carbocycles. The predicted octanol–water partition coefficient (Wildman–Crippen LogP) is 3.08. The van der Waals surface area contributed by atoms with Crippen LogP contribution in [0.1, 0.15) is 20.3 Å². The Morgan fingerprint density at radius 1 is 1.59 bits per heavy atom. The van der Waals surface area contributed by atoms with E-state index in [-0.39, 0.29) is 0 Å². The number of methoxy groups -OCH3 is 1. The highest BCUT2D eigenvalue weighted by atomic mass is 35.5. The number of hydrogen-bond acceptors (Lipinski definition) is 5. The molecule has 1 aromatic rings. The number of thioether (sulfide) groups is 1. The summed E-state index contributed by atoms with van der Waals surface area (Å²) in [6.07, 6.45) is 2.62. The van der Waals surface area contributed by atoms with Crippen LogP contribution in [0.3, 0.4) is 0 Å². The second-order valence-electron chi connectivity index (χ2n) is 3.58. The monoisotopic (exact) mass is 275 g/mol. The number of nitrogens with one attached hydrogen (secondary N) is 1. The van der Waals surface area contributed by atoms with Crippen molar-refractivity contribution in [3.05, 3.63) is 11.2 Å². The lowest BCUT2D eigenvalue weighted by molar-refractivity contribution is 0.380. The molecular weight excluding hydrogens is 258 g/mol. The third-order valence-corrected chi connectivity index (χ3v) is 3.40. The van der Waals surface area contributed by atoms with Gasteiger partial charge in [0.2, 0.25) is 0 Å². The Kier molecular flexibility index (Phi) is 6.44. The maximum Gasteiger partial charge on any atom is 0.318 e. The lowest BCUT2D eigenvalue weighted by Gasteiger charge is -2.15. The van der Waals surface area contributed by atoms with Gasteiger partial charge in [-0.25, -0.2) is 4.98 Å². The van der Waals surface area contributed by atoms with E-state index in [2.05, 4.69) is 29.1 Å². The highest BCUT2D eigenvalue weighted by Gasteiger charge is 2.08. The van der Waals surface area contributed by atoms with Gasteiger partial charge in [0.25, 0.3) is 0 Å². The average Bonchev–Trinajstić information content (AvgIpc) is 2.32. The normalized spacial score (nSPS) is 12.2. The fourth-order valence-corrected chi connectivity index (χ4v) is 2.22. The van der Waals surface area contributed by atoms with E-state index in [9.17, 15) is 0 Å². The highest BCUT2D eigenvalue weighted by molar-refractivity contribution is 7.99. The van der Waals surface area contributed by atoms with E-state index in [1.54, 1.807) is 6.20 Å². The molecule has 17 heavy (non-hydrogen) atoms. The van der Waals surface area contributed by atoms with Gasteiger partial charge in [0, 0.05) is 6.04 Å². The summed E-state index contributed by atoms with van der Waals surface area (Å²) >= 11 is 7.94. The van der Waals surface area contributed by atoms with Crippen LogP contribution >= 0.6 is 23.4 Å². The first-order chi connectivity index (χ1) is 8.17. The van der Waals surface area contributed by atoms with Gasteiger partial charge in [-0.1, -0.05) is 18.5 Å². The van der Waals surface area contributed by atoms with Crippen LogP contribution in [-0.2, 0) is 0 Å². The van der Waals surface area contributed by atoms with E-state index in [4.69, 9.17) is 16.3 Å². The Morgan fingerprint density at radius 2 is 2.35 bits per heavy atom. The Morgan fingerprint density at radius 3 is 3.00 bits per heavy atom. The third-order valence-electron chi connectivity index (χ3n) is 2.19. The summed E-state index contributed by atoms with van der Waals surface area (Å²) in [4.78, 5) is 8.11. The van der Waals surface area contributed by atoms with Gasteiger partial charge in [-0.2, -0.15) is 16.7 Å². The topological polar surface area (TPSA) is 47.0 Å². The molecule has 96 valence electrons. The number of nitrogens with zero attached hydrogens (tertiary/aromatic N) is 2. The molecule has 1 atom stereocenters. The van der Waals surface area contributed by atoms with E-state index < -0.39 is 0 Å². The molecule has 0 aliphatic carbocycles. The number of aromatic nitrogens is 2. The van der Waals surface area contributed by atoms with Crippen molar-refractivity contribution in [3.8, 4) is 6.01 Å². The van der Waals surface area contributed by atoms with Gasteiger partial charge in [0.1, 0.15) is 5.02 Å². The van der Waals surface area contributed by atoms with Crippen LogP contribution in [0.15, 0.2) is 6.20 Å². The van der Waals surface area contributed by atoms with E-state index in [1.807, 2.05) is 11.8 Å². The molecule has 0 aliphatic rings. The van der Waals surface area contributed by atoms with Gasteiger partial charge in [0.05, 0.1) is 13.3 Å². The number of rotatable bonds is 7. The summed E-state index contributed by atoms with van der Waals surface area (Å²) in [5, 5.41) is 3.78. The average molecular weight is 276 g/mol. The van der Waals surface area contributed by atoms with Crippen molar-refractivity contribution < 1.29 is 4.74 Å². The first-order valence-corrected chi connectivity index (χ1v) is 7.11. The number of halogens is 1. The zero-order valence-electron chi connectivity index (χ0n) is 10.4. The maximum absolute atomic E-state index is 6.01. The van der Waals surface area contributed by atoms with E-state index in [0.29, 0.717) is 22.9 Å². The Bertz CT molecular complexity index is 351. The van der Waals surface area contributed by atoms with E-state index in [0.717, 1.165) is 17.9 Å².